The van der Waals surface area contributed by atoms with E-state index in [2.05, 4.69) is 20.6 Å². The number of nitrogens with zero attached hydrogens (tertiary/aromatic N) is 2. The average molecular weight is 273 g/mol. The van der Waals surface area contributed by atoms with Gasteiger partial charge in [0.1, 0.15) is 0 Å². The fourth-order valence-electron chi connectivity index (χ4n) is 1.97. The fourth-order valence-corrected chi connectivity index (χ4v) is 1.97. The maximum absolute atomic E-state index is 5.43. The van der Waals surface area contributed by atoms with E-state index >= 15 is 0 Å². The van der Waals surface area contributed by atoms with Crippen molar-refractivity contribution in [1.29, 1.82) is 0 Å². The Labute approximate surface area is 115 Å². The van der Waals surface area contributed by atoms with Crippen LogP contribution >= 0.6 is 0 Å². The van der Waals surface area contributed by atoms with Crippen LogP contribution in [0.5, 0.6) is 0 Å². The number of methoxy groups -OCH3 is 1. The van der Waals surface area contributed by atoms with Gasteiger partial charge in [0.05, 0.1) is 19.8 Å². The number of morpholine rings is 1. The molecule has 4 N–H and O–H groups in total. The van der Waals surface area contributed by atoms with Gasteiger partial charge in [0.2, 0.25) is 5.96 Å². The van der Waals surface area contributed by atoms with Crippen molar-refractivity contribution in [3.63, 3.8) is 0 Å². The number of guanidine groups is 1. The number of hydrogen-bond donors (Lipinski definition) is 3. The molecule has 1 unspecified atom stereocenters. The predicted molar refractivity (Wildman–Crippen MR) is 76.0 cm³/mol. The first-order valence-electron chi connectivity index (χ1n) is 6.83. The van der Waals surface area contributed by atoms with Crippen molar-refractivity contribution in [1.82, 2.24) is 15.6 Å². The molecule has 1 heterocycles. The van der Waals surface area contributed by atoms with Gasteiger partial charge in [0.25, 0.3) is 0 Å². The summed E-state index contributed by atoms with van der Waals surface area (Å²) in [6.45, 7) is 8.17. The lowest BCUT2D eigenvalue weighted by atomic mass is 10.3. The van der Waals surface area contributed by atoms with Crippen LogP contribution in [0, 0.1) is 0 Å². The number of hydrazine groups is 1. The second-order valence-corrected chi connectivity index (χ2v) is 4.68. The highest BCUT2D eigenvalue weighted by Crippen LogP contribution is 1.98. The molecule has 1 aliphatic heterocycles. The molecule has 0 aromatic carbocycles. The molecule has 7 heteroatoms. The van der Waals surface area contributed by atoms with Crippen LogP contribution in [0.4, 0.5) is 0 Å². The van der Waals surface area contributed by atoms with Crippen LogP contribution in [0.2, 0.25) is 0 Å². The third kappa shape index (κ3) is 7.31. The third-order valence-electron chi connectivity index (χ3n) is 2.94. The number of hydrogen-bond acceptors (Lipinski definition) is 5. The highest BCUT2D eigenvalue weighted by Gasteiger charge is 2.09. The first-order valence-corrected chi connectivity index (χ1v) is 6.83. The Morgan fingerprint density at radius 2 is 2.21 bits per heavy atom. The molecule has 1 rings (SSSR count). The molecule has 1 aliphatic rings. The van der Waals surface area contributed by atoms with E-state index in [4.69, 9.17) is 15.3 Å². The van der Waals surface area contributed by atoms with E-state index in [-0.39, 0.29) is 6.04 Å². The van der Waals surface area contributed by atoms with Gasteiger partial charge in [-0.3, -0.25) is 15.3 Å². The summed E-state index contributed by atoms with van der Waals surface area (Å²) >= 11 is 0. The van der Waals surface area contributed by atoms with Crippen LogP contribution in [-0.2, 0) is 9.47 Å². The number of nitrogens with two attached hydrogens (primary N) is 1. The lowest BCUT2D eigenvalue weighted by molar-refractivity contribution is 0.0377. The van der Waals surface area contributed by atoms with E-state index < -0.39 is 0 Å². The second-order valence-electron chi connectivity index (χ2n) is 4.68. The lowest BCUT2D eigenvalue weighted by Gasteiger charge is -2.26. The molecular weight excluding hydrogens is 246 g/mol. The Balaban J connectivity index is 2.16. The average Bonchev–Trinajstić information content (AvgIpc) is 2.43. The summed E-state index contributed by atoms with van der Waals surface area (Å²) in [5, 5.41) is 3.16. The van der Waals surface area contributed by atoms with Crippen LogP contribution in [-0.4, -0.2) is 70.0 Å². The topological polar surface area (TPSA) is 84.1 Å². The molecule has 0 saturated carbocycles. The Bertz CT molecular complexity index is 257. The summed E-state index contributed by atoms with van der Waals surface area (Å²) in [7, 11) is 1.67. The molecule has 0 amide bonds. The van der Waals surface area contributed by atoms with Gasteiger partial charge < -0.3 is 14.8 Å². The molecule has 19 heavy (non-hydrogen) atoms. The zero-order valence-corrected chi connectivity index (χ0v) is 12.0. The Morgan fingerprint density at radius 1 is 1.47 bits per heavy atom. The van der Waals surface area contributed by atoms with E-state index in [9.17, 15) is 0 Å². The van der Waals surface area contributed by atoms with Gasteiger partial charge in [0, 0.05) is 39.3 Å². The summed E-state index contributed by atoms with van der Waals surface area (Å²) in [5.74, 6) is 6.05. The van der Waals surface area contributed by atoms with E-state index in [1.807, 2.05) is 6.92 Å². The van der Waals surface area contributed by atoms with E-state index in [1.54, 1.807) is 7.11 Å². The SMILES string of the molecule is COCC(C)NC(=NCCCN1CCOCC1)NN. The van der Waals surface area contributed by atoms with Gasteiger partial charge in [-0.1, -0.05) is 0 Å². The molecule has 0 aromatic rings. The molecule has 1 atom stereocenters. The van der Waals surface area contributed by atoms with Gasteiger partial charge in [-0.25, -0.2) is 5.84 Å². The minimum absolute atomic E-state index is 0.180. The molecule has 0 radical (unpaired) electrons. The molecule has 0 spiro atoms. The largest absolute Gasteiger partial charge is 0.383 e. The highest BCUT2D eigenvalue weighted by molar-refractivity contribution is 5.79. The standard InChI is InChI=1S/C12H27N5O2/c1-11(10-18-2)15-12(16-13)14-4-3-5-17-6-8-19-9-7-17/h11H,3-10,13H2,1-2H3,(H2,14,15,16). The molecule has 112 valence electrons. The normalized spacial score (nSPS) is 19.2. The maximum atomic E-state index is 5.43. The number of ether oxygens (including phenoxy) is 2. The van der Waals surface area contributed by atoms with Crippen molar-refractivity contribution in [3.05, 3.63) is 0 Å². The number of aliphatic imine (C=N–C) groups is 1. The summed E-state index contributed by atoms with van der Waals surface area (Å²) in [6.07, 6.45) is 1.02. The third-order valence-corrected chi connectivity index (χ3v) is 2.94. The van der Waals surface area contributed by atoms with Crippen LogP contribution in [0.1, 0.15) is 13.3 Å². The fraction of sp³-hybridized carbons (Fsp3) is 0.917. The molecule has 7 nitrogen and oxygen atoms in total. The van der Waals surface area contributed by atoms with Crippen molar-refractivity contribution in [2.45, 2.75) is 19.4 Å². The first-order chi connectivity index (χ1) is 9.26. The van der Waals surface area contributed by atoms with Crippen LogP contribution < -0.4 is 16.6 Å². The zero-order chi connectivity index (χ0) is 13.9. The minimum atomic E-state index is 0.180. The molecule has 0 aliphatic carbocycles. The van der Waals surface area contributed by atoms with E-state index in [0.29, 0.717) is 12.6 Å². The summed E-state index contributed by atoms with van der Waals surface area (Å²) in [6, 6.07) is 0.180. The van der Waals surface area contributed by atoms with E-state index in [1.165, 1.54) is 0 Å². The summed E-state index contributed by atoms with van der Waals surface area (Å²) in [5.41, 5.74) is 2.58. The molecule has 1 fully saturated rings. The Morgan fingerprint density at radius 3 is 2.84 bits per heavy atom. The van der Waals surface area contributed by atoms with Crippen LogP contribution in [0.3, 0.4) is 0 Å². The van der Waals surface area contributed by atoms with Crippen molar-refractivity contribution in [2.75, 3.05) is 53.1 Å². The second kappa shape index (κ2) is 9.96. The molecular formula is C12H27N5O2. The van der Waals surface area contributed by atoms with Gasteiger partial charge >= 0.3 is 0 Å². The summed E-state index contributed by atoms with van der Waals surface area (Å²) < 4.78 is 10.4. The monoisotopic (exact) mass is 273 g/mol. The van der Waals surface area contributed by atoms with Crippen LogP contribution in [0.15, 0.2) is 4.99 Å². The summed E-state index contributed by atoms with van der Waals surface area (Å²) in [4.78, 5) is 6.80. The smallest absolute Gasteiger partial charge is 0.206 e. The maximum Gasteiger partial charge on any atom is 0.206 e. The van der Waals surface area contributed by atoms with Gasteiger partial charge in [0.15, 0.2) is 0 Å². The van der Waals surface area contributed by atoms with Crippen molar-refractivity contribution < 1.29 is 9.47 Å². The quantitative estimate of drug-likeness (QED) is 0.184. The number of nitrogens with one attached hydrogen (secondary N) is 2. The van der Waals surface area contributed by atoms with Crippen molar-refractivity contribution >= 4 is 5.96 Å². The molecule has 0 bridgehead atoms. The van der Waals surface area contributed by atoms with Gasteiger partial charge in [-0.2, -0.15) is 0 Å². The number of rotatable bonds is 7. The van der Waals surface area contributed by atoms with Gasteiger partial charge in [-0.15, -0.1) is 0 Å². The Kier molecular flexibility index (Phi) is 8.48. The van der Waals surface area contributed by atoms with E-state index in [0.717, 1.165) is 45.8 Å². The minimum Gasteiger partial charge on any atom is -0.383 e. The first kappa shape index (κ1) is 16.2. The molecule has 0 aromatic heterocycles. The van der Waals surface area contributed by atoms with Crippen LogP contribution in [0.25, 0.3) is 0 Å². The zero-order valence-electron chi connectivity index (χ0n) is 12.0. The van der Waals surface area contributed by atoms with Gasteiger partial charge in [-0.05, 0) is 13.3 Å². The predicted octanol–water partition coefficient (Wildman–Crippen LogP) is -0.847. The highest BCUT2D eigenvalue weighted by atomic mass is 16.5. The Hall–Kier alpha value is -0.890. The van der Waals surface area contributed by atoms with Crippen molar-refractivity contribution in [3.8, 4) is 0 Å². The lowest BCUT2D eigenvalue weighted by Crippen LogP contribution is -2.47. The van der Waals surface area contributed by atoms with Crippen molar-refractivity contribution in [2.24, 2.45) is 10.8 Å². The molecule has 1 saturated heterocycles.